The normalized spacial score (nSPS) is 14.1. The van der Waals surface area contributed by atoms with E-state index in [1.54, 1.807) is 7.05 Å². The lowest BCUT2D eigenvalue weighted by atomic mass is 9.99. The minimum absolute atomic E-state index is 0.0725. The second-order valence-electron chi connectivity index (χ2n) is 3.67. The van der Waals surface area contributed by atoms with Crippen LogP contribution >= 0.6 is 0 Å². The molecule has 0 aromatic carbocycles. The van der Waals surface area contributed by atoms with Crippen molar-refractivity contribution in [3.05, 3.63) is 0 Å². The molecule has 0 spiro atoms. The van der Waals surface area contributed by atoms with Crippen LogP contribution in [0.15, 0.2) is 0 Å². The number of amides is 2. The van der Waals surface area contributed by atoms with Crippen molar-refractivity contribution in [2.24, 2.45) is 5.92 Å². The third kappa shape index (κ3) is 4.18. The summed E-state index contributed by atoms with van der Waals surface area (Å²) in [6.07, 6.45) is 0.715. The third-order valence-electron chi connectivity index (χ3n) is 2.58. The van der Waals surface area contributed by atoms with E-state index >= 15 is 0 Å². The molecule has 0 bridgehead atoms. The largest absolute Gasteiger partial charge is 0.480 e. The van der Waals surface area contributed by atoms with Crippen molar-refractivity contribution < 1.29 is 14.7 Å². The SMILES string of the molecule is CCC(C)[C@H](NC(=O)N(C)CC)C(=O)O. The highest BCUT2D eigenvalue weighted by Gasteiger charge is 2.25. The minimum Gasteiger partial charge on any atom is -0.480 e. The molecule has 0 heterocycles. The molecule has 5 nitrogen and oxygen atoms in total. The number of carboxylic acid groups (broad SMARTS) is 1. The Hall–Kier alpha value is -1.26. The molecule has 1 unspecified atom stereocenters. The summed E-state index contributed by atoms with van der Waals surface area (Å²) in [6.45, 7) is 6.10. The summed E-state index contributed by atoms with van der Waals surface area (Å²) in [5.74, 6) is -1.06. The van der Waals surface area contributed by atoms with Crippen molar-refractivity contribution >= 4 is 12.0 Å². The molecule has 0 rings (SSSR count). The highest BCUT2D eigenvalue weighted by atomic mass is 16.4. The van der Waals surface area contributed by atoms with Crippen LogP contribution in [-0.4, -0.2) is 41.6 Å². The van der Waals surface area contributed by atoms with Gasteiger partial charge in [-0.2, -0.15) is 0 Å². The van der Waals surface area contributed by atoms with E-state index in [-0.39, 0.29) is 11.9 Å². The number of nitrogens with zero attached hydrogens (tertiary/aromatic N) is 1. The van der Waals surface area contributed by atoms with Gasteiger partial charge in [0.1, 0.15) is 6.04 Å². The van der Waals surface area contributed by atoms with Gasteiger partial charge in [0, 0.05) is 13.6 Å². The maximum atomic E-state index is 11.5. The zero-order valence-corrected chi connectivity index (χ0v) is 9.78. The lowest BCUT2D eigenvalue weighted by molar-refractivity contribution is -0.140. The summed E-state index contributed by atoms with van der Waals surface area (Å²) in [5.41, 5.74) is 0. The Morgan fingerprint density at radius 1 is 1.40 bits per heavy atom. The molecule has 5 heteroatoms. The summed E-state index contributed by atoms with van der Waals surface area (Å²) >= 11 is 0. The summed E-state index contributed by atoms with van der Waals surface area (Å²) in [5, 5.41) is 11.5. The monoisotopic (exact) mass is 216 g/mol. The van der Waals surface area contributed by atoms with E-state index < -0.39 is 12.0 Å². The summed E-state index contributed by atoms with van der Waals surface area (Å²) in [6, 6.07) is -1.15. The van der Waals surface area contributed by atoms with Gasteiger partial charge in [-0.05, 0) is 12.8 Å². The van der Waals surface area contributed by atoms with Crippen molar-refractivity contribution in [3.8, 4) is 0 Å². The standard InChI is InChI=1S/C10H20N2O3/c1-5-7(3)8(9(13)14)11-10(15)12(4)6-2/h7-8H,5-6H2,1-4H3,(H,11,15)(H,13,14)/t7?,8-/m0/s1. The first kappa shape index (κ1) is 13.7. The predicted octanol–water partition coefficient (Wildman–Crippen LogP) is 1.15. The quantitative estimate of drug-likeness (QED) is 0.724. The van der Waals surface area contributed by atoms with Gasteiger partial charge in [0.05, 0.1) is 0 Å². The van der Waals surface area contributed by atoms with E-state index in [0.29, 0.717) is 13.0 Å². The van der Waals surface area contributed by atoms with E-state index in [2.05, 4.69) is 5.32 Å². The molecule has 0 aliphatic carbocycles. The fourth-order valence-electron chi connectivity index (χ4n) is 1.07. The molecule has 2 N–H and O–H groups in total. The number of carboxylic acids is 1. The van der Waals surface area contributed by atoms with Crippen molar-refractivity contribution in [1.82, 2.24) is 10.2 Å². The molecule has 15 heavy (non-hydrogen) atoms. The van der Waals surface area contributed by atoms with Gasteiger partial charge >= 0.3 is 12.0 Å². The van der Waals surface area contributed by atoms with E-state index in [9.17, 15) is 9.59 Å². The van der Waals surface area contributed by atoms with Crippen LogP contribution in [0.25, 0.3) is 0 Å². The molecule has 0 radical (unpaired) electrons. The third-order valence-corrected chi connectivity index (χ3v) is 2.58. The number of carbonyl (C=O) groups is 2. The Balaban J connectivity index is 4.42. The fraction of sp³-hybridized carbons (Fsp3) is 0.800. The number of aliphatic carboxylic acids is 1. The van der Waals surface area contributed by atoms with Crippen molar-refractivity contribution in [2.45, 2.75) is 33.2 Å². The first-order valence-corrected chi connectivity index (χ1v) is 5.18. The number of hydrogen-bond acceptors (Lipinski definition) is 2. The van der Waals surface area contributed by atoms with Crippen molar-refractivity contribution in [2.75, 3.05) is 13.6 Å². The van der Waals surface area contributed by atoms with Gasteiger partial charge in [-0.25, -0.2) is 9.59 Å². The number of rotatable bonds is 5. The van der Waals surface area contributed by atoms with Gasteiger partial charge in [0.15, 0.2) is 0 Å². The van der Waals surface area contributed by atoms with Crippen LogP contribution in [0, 0.1) is 5.92 Å². The van der Waals surface area contributed by atoms with Gasteiger partial charge in [0.25, 0.3) is 0 Å². The number of nitrogens with one attached hydrogen (secondary N) is 1. The van der Waals surface area contributed by atoms with Crippen LogP contribution in [0.1, 0.15) is 27.2 Å². The molecule has 0 aliphatic rings. The van der Waals surface area contributed by atoms with Crippen LogP contribution in [0.3, 0.4) is 0 Å². The van der Waals surface area contributed by atoms with Crippen LogP contribution in [0.5, 0.6) is 0 Å². The maximum Gasteiger partial charge on any atom is 0.326 e. The number of hydrogen-bond donors (Lipinski definition) is 2. The molecule has 0 aliphatic heterocycles. The highest BCUT2D eigenvalue weighted by molar-refractivity contribution is 5.82. The smallest absolute Gasteiger partial charge is 0.326 e. The molecular weight excluding hydrogens is 196 g/mol. The summed E-state index contributed by atoms with van der Waals surface area (Å²) in [7, 11) is 1.63. The second-order valence-corrected chi connectivity index (χ2v) is 3.67. The first-order chi connectivity index (χ1) is 6.93. The maximum absolute atomic E-state index is 11.5. The van der Waals surface area contributed by atoms with E-state index in [1.165, 1.54) is 4.90 Å². The lowest BCUT2D eigenvalue weighted by Crippen LogP contribution is -2.49. The first-order valence-electron chi connectivity index (χ1n) is 5.18. The summed E-state index contributed by atoms with van der Waals surface area (Å²) in [4.78, 5) is 23.8. The molecule has 0 aromatic rings. The van der Waals surface area contributed by atoms with Gasteiger partial charge < -0.3 is 15.3 Å². The molecule has 0 saturated heterocycles. The lowest BCUT2D eigenvalue weighted by Gasteiger charge is -2.23. The Morgan fingerprint density at radius 3 is 2.27 bits per heavy atom. The van der Waals surface area contributed by atoms with Crippen LogP contribution in [0.2, 0.25) is 0 Å². The Bertz CT molecular complexity index is 231. The molecule has 0 saturated carbocycles. The zero-order valence-electron chi connectivity index (χ0n) is 9.78. The van der Waals surface area contributed by atoms with E-state index in [4.69, 9.17) is 5.11 Å². The van der Waals surface area contributed by atoms with E-state index in [0.717, 1.165) is 0 Å². The molecule has 2 atom stereocenters. The van der Waals surface area contributed by atoms with Crippen LogP contribution in [-0.2, 0) is 4.79 Å². The molecular formula is C10H20N2O3. The Kier molecular flexibility index (Phi) is 5.74. The Morgan fingerprint density at radius 2 is 1.93 bits per heavy atom. The van der Waals surface area contributed by atoms with Crippen LogP contribution in [0.4, 0.5) is 4.79 Å². The predicted molar refractivity (Wildman–Crippen MR) is 57.7 cm³/mol. The van der Waals surface area contributed by atoms with Crippen LogP contribution < -0.4 is 5.32 Å². The average Bonchev–Trinajstić information content (AvgIpc) is 2.22. The number of urea groups is 1. The topological polar surface area (TPSA) is 69.6 Å². The zero-order chi connectivity index (χ0) is 12.0. The summed E-state index contributed by atoms with van der Waals surface area (Å²) < 4.78 is 0. The second kappa shape index (κ2) is 6.27. The van der Waals surface area contributed by atoms with E-state index in [1.807, 2.05) is 20.8 Å². The van der Waals surface area contributed by atoms with Crippen molar-refractivity contribution in [3.63, 3.8) is 0 Å². The molecule has 0 aromatic heterocycles. The van der Waals surface area contributed by atoms with Crippen molar-refractivity contribution in [1.29, 1.82) is 0 Å². The van der Waals surface area contributed by atoms with Gasteiger partial charge in [-0.1, -0.05) is 20.3 Å². The average molecular weight is 216 g/mol. The molecule has 0 fully saturated rings. The van der Waals surface area contributed by atoms with Gasteiger partial charge in [0.2, 0.25) is 0 Å². The van der Waals surface area contributed by atoms with Gasteiger partial charge in [-0.15, -0.1) is 0 Å². The molecule has 2 amide bonds. The fourth-order valence-corrected chi connectivity index (χ4v) is 1.07. The highest BCUT2D eigenvalue weighted by Crippen LogP contribution is 2.08. The van der Waals surface area contributed by atoms with Gasteiger partial charge in [-0.3, -0.25) is 0 Å². The minimum atomic E-state index is -0.984. The molecule has 88 valence electrons. The Labute approximate surface area is 90.5 Å². The number of carbonyl (C=O) groups excluding carboxylic acids is 1.